The summed E-state index contributed by atoms with van der Waals surface area (Å²) in [6, 6.07) is 15.4. The first-order valence-electron chi connectivity index (χ1n) is 9.31. The molecule has 0 saturated heterocycles. The number of fused-ring (bicyclic) bond motifs is 1. The molecular weight excluding hydrogens is 372 g/mol. The van der Waals surface area contributed by atoms with E-state index in [4.69, 9.17) is 9.15 Å². The lowest BCUT2D eigenvalue weighted by Gasteiger charge is -2.14. The van der Waals surface area contributed by atoms with Gasteiger partial charge in [-0.2, -0.15) is 0 Å². The van der Waals surface area contributed by atoms with Gasteiger partial charge in [0.05, 0.1) is 0 Å². The van der Waals surface area contributed by atoms with E-state index >= 15 is 0 Å². The van der Waals surface area contributed by atoms with Crippen molar-refractivity contribution in [1.82, 2.24) is 10.6 Å². The average Bonchev–Trinajstić information content (AvgIpc) is 2.72. The molecule has 3 aromatic rings. The molecule has 3 rings (SSSR count). The minimum absolute atomic E-state index is 0.262. The molecule has 2 aromatic carbocycles. The number of carbonyl (C=O) groups is 2. The molecule has 0 bridgehead atoms. The fraction of sp³-hybridized carbons (Fsp3) is 0.227. The molecule has 0 aliphatic carbocycles. The fourth-order valence-electron chi connectivity index (χ4n) is 2.91. The van der Waals surface area contributed by atoms with E-state index in [9.17, 15) is 14.4 Å². The van der Waals surface area contributed by atoms with Crippen LogP contribution in [0.25, 0.3) is 22.1 Å². The molecule has 0 spiro atoms. The maximum Gasteiger partial charge on any atom is 0.336 e. The fourth-order valence-corrected chi connectivity index (χ4v) is 2.91. The summed E-state index contributed by atoms with van der Waals surface area (Å²) < 4.78 is 10.8. The van der Waals surface area contributed by atoms with Crippen molar-refractivity contribution in [2.45, 2.75) is 19.9 Å². The SMILES string of the molecule is CCNC(=O)[C@@H](C)NC(=O)COc1ccc2c(-c3ccccc3)cc(=O)oc2c1. The Hall–Kier alpha value is -3.61. The van der Waals surface area contributed by atoms with E-state index in [0.717, 1.165) is 16.5 Å². The van der Waals surface area contributed by atoms with Crippen LogP contribution in [0.5, 0.6) is 5.75 Å². The van der Waals surface area contributed by atoms with Gasteiger partial charge in [-0.3, -0.25) is 9.59 Å². The van der Waals surface area contributed by atoms with Crippen LogP contribution in [-0.4, -0.2) is 31.0 Å². The van der Waals surface area contributed by atoms with E-state index in [1.165, 1.54) is 6.07 Å². The Morgan fingerprint density at radius 1 is 1.10 bits per heavy atom. The molecular formula is C22H22N2O5. The highest BCUT2D eigenvalue weighted by Gasteiger charge is 2.15. The predicted molar refractivity (Wildman–Crippen MR) is 110 cm³/mol. The van der Waals surface area contributed by atoms with Gasteiger partial charge in [0.1, 0.15) is 17.4 Å². The zero-order chi connectivity index (χ0) is 20.8. The van der Waals surface area contributed by atoms with Gasteiger partial charge in [0, 0.05) is 24.1 Å². The number of nitrogens with one attached hydrogen (secondary N) is 2. The molecule has 7 heteroatoms. The van der Waals surface area contributed by atoms with E-state index in [-0.39, 0.29) is 12.5 Å². The van der Waals surface area contributed by atoms with Gasteiger partial charge in [0.2, 0.25) is 5.91 Å². The quantitative estimate of drug-likeness (QED) is 0.600. The van der Waals surface area contributed by atoms with E-state index in [2.05, 4.69) is 10.6 Å². The van der Waals surface area contributed by atoms with E-state index < -0.39 is 17.6 Å². The Balaban J connectivity index is 1.74. The van der Waals surface area contributed by atoms with Gasteiger partial charge in [-0.05, 0) is 37.1 Å². The van der Waals surface area contributed by atoms with Crippen LogP contribution < -0.4 is 21.0 Å². The number of likely N-dealkylation sites (N-methyl/N-ethyl adjacent to an activating group) is 1. The smallest absolute Gasteiger partial charge is 0.336 e. The van der Waals surface area contributed by atoms with Crippen molar-refractivity contribution in [2.24, 2.45) is 0 Å². The summed E-state index contributed by atoms with van der Waals surface area (Å²) in [7, 11) is 0. The van der Waals surface area contributed by atoms with Crippen molar-refractivity contribution in [2.75, 3.05) is 13.2 Å². The van der Waals surface area contributed by atoms with E-state index in [0.29, 0.717) is 17.9 Å². The number of amides is 2. The van der Waals surface area contributed by atoms with Gasteiger partial charge in [-0.1, -0.05) is 30.3 Å². The first-order valence-corrected chi connectivity index (χ1v) is 9.31. The van der Waals surface area contributed by atoms with Crippen LogP contribution in [0.2, 0.25) is 0 Å². The standard InChI is InChI=1S/C22H22N2O5/c1-3-23-22(27)14(2)24-20(25)13-28-16-9-10-17-18(15-7-5-4-6-8-15)12-21(26)29-19(17)11-16/h4-12,14H,3,13H2,1-2H3,(H,23,27)(H,24,25)/t14-/m1/s1. The van der Waals surface area contributed by atoms with Gasteiger partial charge in [-0.25, -0.2) is 4.79 Å². The molecule has 7 nitrogen and oxygen atoms in total. The van der Waals surface area contributed by atoms with E-state index in [1.54, 1.807) is 32.0 Å². The molecule has 1 aromatic heterocycles. The summed E-state index contributed by atoms with van der Waals surface area (Å²) in [5, 5.41) is 5.96. The van der Waals surface area contributed by atoms with Crippen molar-refractivity contribution in [3.63, 3.8) is 0 Å². The minimum atomic E-state index is -0.658. The molecule has 2 N–H and O–H groups in total. The summed E-state index contributed by atoms with van der Waals surface area (Å²) in [4.78, 5) is 35.7. The van der Waals surface area contributed by atoms with Crippen LogP contribution >= 0.6 is 0 Å². The number of carbonyl (C=O) groups excluding carboxylic acids is 2. The van der Waals surface area contributed by atoms with Crippen LogP contribution in [0.15, 0.2) is 63.8 Å². The third-order valence-electron chi connectivity index (χ3n) is 4.29. The van der Waals surface area contributed by atoms with Crippen LogP contribution in [0.1, 0.15) is 13.8 Å². The third-order valence-corrected chi connectivity index (χ3v) is 4.29. The maximum absolute atomic E-state index is 12.0. The Bertz CT molecular complexity index is 1080. The second-order valence-corrected chi connectivity index (χ2v) is 6.48. The van der Waals surface area contributed by atoms with Crippen molar-refractivity contribution in [1.29, 1.82) is 0 Å². The predicted octanol–water partition coefficient (Wildman–Crippen LogP) is 2.48. The number of hydrogen-bond donors (Lipinski definition) is 2. The number of rotatable bonds is 7. The van der Waals surface area contributed by atoms with Gasteiger partial charge in [0.25, 0.3) is 5.91 Å². The maximum atomic E-state index is 12.0. The second-order valence-electron chi connectivity index (χ2n) is 6.48. The normalized spacial score (nSPS) is 11.7. The Morgan fingerprint density at radius 3 is 2.59 bits per heavy atom. The van der Waals surface area contributed by atoms with Crippen LogP contribution in [0, 0.1) is 0 Å². The number of hydrogen-bond acceptors (Lipinski definition) is 5. The highest BCUT2D eigenvalue weighted by Crippen LogP contribution is 2.29. The lowest BCUT2D eigenvalue weighted by molar-refractivity contribution is -0.129. The summed E-state index contributed by atoms with van der Waals surface area (Å²) in [5.74, 6) is -0.309. The lowest BCUT2D eigenvalue weighted by atomic mass is 10.0. The summed E-state index contributed by atoms with van der Waals surface area (Å²) in [6.45, 7) is 3.62. The summed E-state index contributed by atoms with van der Waals surface area (Å²) in [6.07, 6.45) is 0. The first kappa shape index (κ1) is 20.1. The van der Waals surface area contributed by atoms with Gasteiger partial charge >= 0.3 is 5.63 Å². The zero-order valence-electron chi connectivity index (χ0n) is 16.2. The van der Waals surface area contributed by atoms with Crippen molar-refractivity contribution in [3.05, 3.63) is 65.0 Å². The van der Waals surface area contributed by atoms with Gasteiger partial charge < -0.3 is 19.8 Å². The number of benzene rings is 2. The molecule has 0 radical (unpaired) electrons. The molecule has 0 aliphatic rings. The Kier molecular flexibility index (Phi) is 6.29. The van der Waals surface area contributed by atoms with Gasteiger partial charge in [-0.15, -0.1) is 0 Å². The van der Waals surface area contributed by atoms with Crippen molar-refractivity contribution < 1.29 is 18.7 Å². The average molecular weight is 394 g/mol. The minimum Gasteiger partial charge on any atom is -0.484 e. The highest BCUT2D eigenvalue weighted by atomic mass is 16.5. The van der Waals surface area contributed by atoms with E-state index in [1.807, 2.05) is 30.3 Å². The number of ether oxygens (including phenoxy) is 1. The molecule has 29 heavy (non-hydrogen) atoms. The third kappa shape index (κ3) is 5.01. The summed E-state index contributed by atoms with van der Waals surface area (Å²) >= 11 is 0. The monoisotopic (exact) mass is 394 g/mol. The molecule has 0 aliphatic heterocycles. The molecule has 1 atom stereocenters. The zero-order valence-corrected chi connectivity index (χ0v) is 16.2. The Morgan fingerprint density at radius 2 is 1.86 bits per heavy atom. The van der Waals surface area contributed by atoms with Crippen molar-refractivity contribution in [3.8, 4) is 16.9 Å². The first-order chi connectivity index (χ1) is 14.0. The highest BCUT2D eigenvalue weighted by molar-refractivity contribution is 5.93. The summed E-state index contributed by atoms with van der Waals surface area (Å²) in [5.41, 5.74) is 1.56. The van der Waals surface area contributed by atoms with Crippen LogP contribution in [-0.2, 0) is 9.59 Å². The van der Waals surface area contributed by atoms with Gasteiger partial charge in [0.15, 0.2) is 6.61 Å². The van der Waals surface area contributed by atoms with Crippen LogP contribution in [0.3, 0.4) is 0 Å². The second kappa shape index (κ2) is 9.05. The molecule has 0 saturated carbocycles. The van der Waals surface area contributed by atoms with Crippen LogP contribution in [0.4, 0.5) is 0 Å². The molecule has 0 unspecified atom stereocenters. The molecule has 150 valence electrons. The molecule has 0 fully saturated rings. The molecule has 2 amide bonds. The lowest BCUT2D eigenvalue weighted by Crippen LogP contribution is -2.46. The Labute approximate surface area is 167 Å². The largest absolute Gasteiger partial charge is 0.484 e. The molecule has 1 heterocycles. The topological polar surface area (TPSA) is 97.6 Å². The van der Waals surface area contributed by atoms with Crippen molar-refractivity contribution >= 4 is 22.8 Å².